The summed E-state index contributed by atoms with van der Waals surface area (Å²) in [6.07, 6.45) is 0. The van der Waals surface area contributed by atoms with E-state index in [-0.39, 0.29) is 5.69 Å². The Bertz CT molecular complexity index is 672. The number of aromatic nitrogens is 1. The van der Waals surface area contributed by atoms with Crippen LogP contribution in [0.3, 0.4) is 0 Å². The van der Waals surface area contributed by atoms with E-state index in [4.69, 9.17) is 9.62 Å². The topological polar surface area (TPSA) is 92.8 Å². The second-order valence-electron chi connectivity index (χ2n) is 3.32. The van der Waals surface area contributed by atoms with Crippen LogP contribution in [0.25, 0.3) is 11.1 Å². The van der Waals surface area contributed by atoms with Gasteiger partial charge in [0.25, 0.3) is 0 Å². The lowest BCUT2D eigenvalue weighted by Crippen LogP contribution is -2.22. The lowest BCUT2D eigenvalue weighted by atomic mass is 10.2. The van der Waals surface area contributed by atoms with Gasteiger partial charge in [0.15, 0.2) is 22.8 Å². The molecule has 0 fully saturated rings. The van der Waals surface area contributed by atoms with Crippen LogP contribution >= 0.6 is 0 Å². The highest BCUT2D eigenvalue weighted by atomic mass is 16.4. The molecule has 1 aromatic carbocycles. The van der Waals surface area contributed by atoms with Gasteiger partial charge in [0, 0.05) is 6.92 Å². The van der Waals surface area contributed by atoms with E-state index in [9.17, 15) is 9.59 Å². The van der Waals surface area contributed by atoms with Crippen LogP contribution in [0.4, 0.5) is 0 Å². The molecular weight excluding hydrogens is 224 g/mol. The second-order valence-corrected chi connectivity index (χ2v) is 3.32. The van der Waals surface area contributed by atoms with E-state index in [1.165, 1.54) is 6.92 Å². The standard InChI is InChI=1S/C11H8N2O4/c1-6(14)9(13-16)10-11(15)17-8-5-3-2-4-7(8)12-10/h2-5,16H,1H3/b13-9+. The number of carbonyl (C=O) groups is 1. The van der Waals surface area contributed by atoms with E-state index < -0.39 is 17.1 Å². The summed E-state index contributed by atoms with van der Waals surface area (Å²) in [4.78, 5) is 26.7. The normalized spacial score (nSPS) is 11.7. The molecule has 1 heterocycles. The van der Waals surface area contributed by atoms with Crippen LogP contribution in [0, 0.1) is 0 Å². The van der Waals surface area contributed by atoms with E-state index >= 15 is 0 Å². The van der Waals surface area contributed by atoms with Gasteiger partial charge in [-0.3, -0.25) is 4.79 Å². The average Bonchev–Trinajstić information content (AvgIpc) is 2.30. The fraction of sp³-hybridized carbons (Fsp3) is 0.0909. The van der Waals surface area contributed by atoms with Crippen molar-refractivity contribution in [3.63, 3.8) is 0 Å². The summed E-state index contributed by atoms with van der Waals surface area (Å²) >= 11 is 0. The first-order valence-corrected chi connectivity index (χ1v) is 4.76. The van der Waals surface area contributed by atoms with Gasteiger partial charge in [-0.25, -0.2) is 9.78 Å². The number of fused-ring (bicyclic) bond motifs is 1. The first-order valence-electron chi connectivity index (χ1n) is 4.76. The van der Waals surface area contributed by atoms with Crippen molar-refractivity contribution in [3.05, 3.63) is 40.4 Å². The fourth-order valence-corrected chi connectivity index (χ4v) is 1.38. The predicted octanol–water partition coefficient (Wildman–Crippen LogP) is 0.955. The molecule has 0 aliphatic carbocycles. The van der Waals surface area contributed by atoms with E-state index in [1.54, 1.807) is 24.3 Å². The van der Waals surface area contributed by atoms with E-state index in [2.05, 4.69) is 10.1 Å². The van der Waals surface area contributed by atoms with Crippen molar-refractivity contribution in [3.8, 4) is 0 Å². The van der Waals surface area contributed by atoms with Gasteiger partial charge in [0.1, 0.15) is 5.52 Å². The van der Waals surface area contributed by atoms with Crippen LogP contribution in [0.2, 0.25) is 0 Å². The zero-order valence-corrected chi connectivity index (χ0v) is 8.88. The van der Waals surface area contributed by atoms with E-state index in [0.29, 0.717) is 11.1 Å². The van der Waals surface area contributed by atoms with Crippen LogP contribution in [0.15, 0.2) is 38.6 Å². The number of Topliss-reactive ketones (excluding diaryl/α,β-unsaturated/α-hetero) is 1. The van der Waals surface area contributed by atoms with Gasteiger partial charge in [-0.15, -0.1) is 0 Å². The van der Waals surface area contributed by atoms with E-state index in [0.717, 1.165) is 0 Å². The molecule has 0 aliphatic rings. The molecule has 0 amide bonds. The number of rotatable bonds is 2. The Morgan fingerprint density at radius 3 is 2.76 bits per heavy atom. The van der Waals surface area contributed by atoms with Crippen molar-refractivity contribution in [1.29, 1.82) is 0 Å². The molecule has 0 saturated carbocycles. The molecule has 6 nitrogen and oxygen atoms in total. The Labute approximate surface area is 95.2 Å². The van der Waals surface area contributed by atoms with Gasteiger partial charge in [-0.2, -0.15) is 0 Å². The number of hydrogen-bond donors (Lipinski definition) is 1. The summed E-state index contributed by atoms with van der Waals surface area (Å²) in [5.74, 6) is -0.567. The van der Waals surface area contributed by atoms with Crippen molar-refractivity contribution in [2.24, 2.45) is 5.16 Å². The van der Waals surface area contributed by atoms with Gasteiger partial charge >= 0.3 is 5.63 Å². The van der Waals surface area contributed by atoms with Crippen LogP contribution < -0.4 is 5.63 Å². The third kappa shape index (κ3) is 1.92. The molecule has 0 aliphatic heterocycles. The molecule has 6 heteroatoms. The van der Waals surface area contributed by atoms with Gasteiger partial charge in [-0.1, -0.05) is 17.3 Å². The molecule has 0 unspecified atom stereocenters. The highest BCUT2D eigenvalue weighted by Crippen LogP contribution is 2.09. The van der Waals surface area contributed by atoms with Crippen molar-refractivity contribution in [1.82, 2.24) is 4.98 Å². The third-order valence-electron chi connectivity index (χ3n) is 2.15. The largest absolute Gasteiger partial charge is 0.419 e. The number of para-hydroxylation sites is 2. The van der Waals surface area contributed by atoms with Crippen molar-refractivity contribution < 1.29 is 14.4 Å². The number of benzene rings is 1. The fourth-order valence-electron chi connectivity index (χ4n) is 1.38. The maximum Gasteiger partial charge on any atom is 0.364 e. The number of hydrogen-bond acceptors (Lipinski definition) is 6. The van der Waals surface area contributed by atoms with Crippen LogP contribution in [-0.2, 0) is 4.79 Å². The molecule has 0 spiro atoms. The summed E-state index contributed by atoms with van der Waals surface area (Å²) in [7, 11) is 0. The smallest absolute Gasteiger partial charge is 0.364 e. The number of oxime groups is 1. The molecule has 2 aromatic rings. The third-order valence-corrected chi connectivity index (χ3v) is 2.15. The highest BCUT2D eigenvalue weighted by molar-refractivity contribution is 6.44. The highest BCUT2D eigenvalue weighted by Gasteiger charge is 2.18. The van der Waals surface area contributed by atoms with Gasteiger partial charge in [0.05, 0.1) is 0 Å². The molecule has 86 valence electrons. The maximum absolute atomic E-state index is 11.6. The Hall–Kier alpha value is -2.50. The minimum atomic E-state index is -0.813. The number of carbonyl (C=O) groups excluding carboxylic acids is 1. The molecule has 0 radical (unpaired) electrons. The van der Waals surface area contributed by atoms with E-state index in [1.807, 2.05) is 0 Å². The lowest BCUT2D eigenvalue weighted by molar-refractivity contribution is -0.111. The molecular formula is C11H8N2O4. The van der Waals surface area contributed by atoms with Crippen LogP contribution in [0.1, 0.15) is 12.6 Å². The Kier molecular flexibility index (Phi) is 2.70. The predicted molar refractivity (Wildman–Crippen MR) is 59.3 cm³/mol. The summed E-state index contributed by atoms with van der Waals surface area (Å²) < 4.78 is 4.96. The Balaban J connectivity index is 2.75. The number of nitrogens with zero attached hydrogens (tertiary/aromatic N) is 2. The molecule has 1 N–H and O–H groups in total. The Morgan fingerprint density at radius 2 is 2.12 bits per heavy atom. The molecule has 0 saturated heterocycles. The monoisotopic (exact) mass is 232 g/mol. The first-order chi connectivity index (χ1) is 8.13. The van der Waals surface area contributed by atoms with Crippen molar-refractivity contribution in [2.75, 3.05) is 0 Å². The van der Waals surface area contributed by atoms with Gasteiger partial charge in [-0.05, 0) is 12.1 Å². The van der Waals surface area contributed by atoms with Crippen LogP contribution in [0.5, 0.6) is 0 Å². The van der Waals surface area contributed by atoms with Gasteiger partial charge < -0.3 is 9.62 Å². The summed E-state index contributed by atoms with van der Waals surface area (Å²) in [5.41, 5.74) is -0.804. The Morgan fingerprint density at radius 1 is 1.41 bits per heavy atom. The summed E-state index contributed by atoms with van der Waals surface area (Å²) in [6, 6.07) is 6.61. The molecule has 1 aromatic heterocycles. The summed E-state index contributed by atoms with van der Waals surface area (Å²) in [5, 5.41) is 11.5. The minimum absolute atomic E-state index is 0.293. The van der Waals surface area contributed by atoms with Crippen molar-refractivity contribution in [2.45, 2.75) is 6.92 Å². The van der Waals surface area contributed by atoms with Crippen LogP contribution in [-0.4, -0.2) is 21.7 Å². The van der Waals surface area contributed by atoms with Crippen molar-refractivity contribution >= 4 is 22.6 Å². The number of ketones is 1. The SMILES string of the molecule is CC(=O)/C(=N\O)c1nc2ccccc2oc1=O. The lowest BCUT2D eigenvalue weighted by Gasteiger charge is -2.00. The summed E-state index contributed by atoms with van der Waals surface area (Å²) in [6.45, 7) is 1.17. The zero-order valence-electron chi connectivity index (χ0n) is 8.88. The second kappa shape index (κ2) is 4.17. The molecule has 0 bridgehead atoms. The average molecular weight is 232 g/mol. The van der Waals surface area contributed by atoms with Gasteiger partial charge in [0.2, 0.25) is 0 Å². The molecule has 0 atom stereocenters. The first kappa shape index (κ1) is 11.0. The minimum Gasteiger partial charge on any atom is -0.419 e. The molecule has 2 rings (SSSR count). The maximum atomic E-state index is 11.6. The quantitative estimate of drug-likeness (QED) is 0.472. The zero-order chi connectivity index (χ0) is 12.4. The molecule has 17 heavy (non-hydrogen) atoms.